The van der Waals surface area contributed by atoms with E-state index >= 15 is 0 Å². The van der Waals surface area contributed by atoms with E-state index in [1.165, 1.54) is 4.90 Å². The number of hydrogen-bond donors (Lipinski definition) is 1. The van der Waals surface area contributed by atoms with Gasteiger partial charge in [-0.2, -0.15) is 0 Å². The van der Waals surface area contributed by atoms with Crippen LogP contribution in [0.4, 0.5) is 4.79 Å². The van der Waals surface area contributed by atoms with Crippen LogP contribution < -0.4 is 10.1 Å². The zero-order chi connectivity index (χ0) is 15.1. The number of carbonyl (C=O) groups excluding carboxylic acids is 2. The third-order valence-corrected chi connectivity index (χ3v) is 3.16. The first kappa shape index (κ1) is 15.3. The molecule has 0 aromatic heterocycles. The predicted molar refractivity (Wildman–Crippen MR) is 77.1 cm³/mol. The zero-order valence-electron chi connectivity index (χ0n) is 12.1. The van der Waals surface area contributed by atoms with Gasteiger partial charge in [-0.3, -0.25) is 9.69 Å². The van der Waals surface area contributed by atoms with E-state index in [0.29, 0.717) is 25.4 Å². The summed E-state index contributed by atoms with van der Waals surface area (Å²) in [5.74, 6) is 0.253. The molecule has 1 saturated heterocycles. The van der Waals surface area contributed by atoms with Gasteiger partial charge in [-0.15, -0.1) is 0 Å². The normalized spacial score (nSPS) is 18.1. The van der Waals surface area contributed by atoms with Crippen molar-refractivity contribution < 1.29 is 19.1 Å². The van der Waals surface area contributed by atoms with Crippen LogP contribution >= 0.6 is 0 Å². The lowest BCUT2D eigenvalue weighted by Gasteiger charge is -2.33. The molecule has 0 radical (unpaired) electrons. The van der Waals surface area contributed by atoms with Crippen molar-refractivity contribution >= 4 is 12.0 Å². The van der Waals surface area contributed by atoms with Gasteiger partial charge in [0.05, 0.1) is 13.2 Å². The van der Waals surface area contributed by atoms with Crippen molar-refractivity contribution in [2.75, 3.05) is 26.3 Å². The highest BCUT2D eigenvalue weighted by atomic mass is 16.6. The summed E-state index contributed by atoms with van der Waals surface area (Å²) in [6, 6.07) is 8.17. The smallest absolute Gasteiger partial charge is 0.410 e. The number of ether oxygens (including phenoxy) is 2. The van der Waals surface area contributed by atoms with Gasteiger partial charge in [0.25, 0.3) is 0 Å². The van der Waals surface area contributed by atoms with E-state index in [1.54, 1.807) is 24.3 Å². The molecule has 2 amide bonds. The molecule has 0 aliphatic carbocycles. The summed E-state index contributed by atoms with van der Waals surface area (Å²) in [5.41, 5.74) is 0. The third kappa shape index (κ3) is 4.19. The number of amides is 2. The maximum Gasteiger partial charge on any atom is 0.416 e. The van der Waals surface area contributed by atoms with Crippen molar-refractivity contribution in [2.24, 2.45) is 0 Å². The zero-order valence-corrected chi connectivity index (χ0v) is 12.1. The fraction of sp³-hybridized carbons (Fsp3) is 0.467. The Balaban J connectivity index is 2.00. The second-order valence-corrected chi connectivity index (χ2v) is 4.76. The van der Waals surface area contributed by atoms with Crippen molar-refractivity contribution in [3.8, 4) is 5.75 Å². The van der Waals surface area contributed by atoms with Gasteiger partial charge < -0.3 is 14.8 Å². The Hall–Kier alpha value is -2.08. The van der Waals surface area contributed by atoms with Crippen LogP contribution in [0.1, 0.15) is 13.3 Å². The van der Waals surface area contributed by atoms with Gasteiger partial charge in [0.15, 0.2) is 0 Å². The molecule has 6 nitrogen and oxygen atoms in total. The van der Waals surface area contributed by atoms with Crippen molar-refractivity contribution in [2.45, 2.75) is 19.4 Å². The Bertz CT molecular complexity index is 478. The van der Waals surface area contributed by atoms with Gasteiger partial charge in [-0.25, -0.2) is 4.79 Å². The van der Waals surface area contributed by atoms with Crippen LogP contribution in [-0.2, 0) is 9.53 Å². The van der Waals surface area contributed by atoms with Gasteiger partial charge in [0.1, 0.15) is 11.8 Å². The van der Waals surface area contributed by atoms with E-state index in [9.17, 15) is 9.59 Å². The molecule has 0 spiro atoms. The maximum atomic E-state index is 12.2. The van der Waals surface area contributed by atoms with E-state index in [4.69, 9.17) is 9.47 Å². The molecular formula is C15H20N2O4. The molecule has 1 heterocycles. The average molecular weight is 292 g/mol. The summed E-state index contributed by atoms with van der Waals surface area (Å²) in [5, 5.41) is 2.78. The SMILES string of the molecule is CCCNC(=O)C1COCCN1C(=O)Oc1ccccc1. The fourth-order valence-corrected chi connectivity index (χ4v) is 2.05. The van der Waals surface area contributed by atoms with Crippen molar-refractivity contribution in [3.05, 3.63) is 30.3 Å². The largest absolute Gasteiger partial charge is 0.416 e. The Morgan fingerprint density at radius 3 is 2.86 bits per heavy atom. The first-order valence-electron chi connectivity index (χ1n) is 7.11. The van der Waals surface area contributed by atoms with Crippen LogP contribution in [0.25, 0.3) is 0 Å². The molecule has 1 fully saturated rings. The lowest BCUT2D eigenvalue weighted by molar-refractivity contribution is -0.130. The number of carbonyl (C=O) groups is 2. The van der Waals surface area contributed by atoms with E-state index in [-0.39, 0.29) is 12.5 Å². The summed E-state index contributed by atoms with van der Waals surface area (Å²) in [6.45, 7) is 3.49. The second kappa shape index (κ2) is 7.64. The number of benzene rings is 1. The Labute approximate surface area is 124 Å². The van der Waals surface area contributed by atoms with Gasteiger partial charge in [0.2, 0.25) is 5.91 Å². The van der Waals surface area contributed by atoms with E-state index < -0.39 is 12.1 Å². The van der Waals surface area contributed by atoms with Gasteiger partial charge in [0, 0.05) is 13.1 Å². The Morgan fingerprint density at radius 1 is 1.38 bits per heavy atom. The quantitative estimate of drug-likeness (QED) is 0.911. The summed E-state index contributed by atoms with van der Waals surface area (Å²) in [7, 11) is 0. The number of nitrogens with one attached hydrogen (secondary N) is 1. The van der Waals surface area contributed by atoms with Gasteiger partial charge >= 0.3 is 6.09 Å². The lowest BCUT2D eigenvalue weighted by atomic mass is 10.2. The van der Waals surface area contributed by atoms with Crippen LogP contribution in [-0.4, -0.2) is 49.2 Å². The van der Waals surface area contributed by atoms with E-state index in [2.05, 4.69) is 5.32 Å². The number of morpholine rings is 1. The Kier molecular flexibility index (Phi) is 5.57. The number of para-hydroxylation sites is 1. The van der Waals surface area contributed by atoms with Gasteiger partial charge in [-0.1, -0.05) is 25.1 Å². The topological polar surface area (TPSA) is 67.9 Å². The summed E-state index contributed by atoms with van der Waals surface area (Å²) in [4.78, 5) is 25.7. The molecule has 1 atom stereocenters. The highest BCUT2D eigenvalue weighted by molar-refractivity contribution is 5.86. The van der Waals surface area contributed by atoms with Crippen molar-refractivity contribution in [3.63, 3.8) is 0 Å². The van der Waals surface area contributed by atoms with Crippen LogP contribution in [0.5, 0.6) is 5.75 Å². The van der Waals surface area contributed by atoms with Crippen LogP contribution in [0.3, 0.4) is 0 Å². The van der Waals surface area contributed by atoms with Crippen LogP contribution in [0, 0.1) is 0 Å². The standard InChI is InChI=1S/C15H20N2O4/c1-2-8-16-14(18)13-11-20-10-9-17(13)15(19)21-12-6-4-3-5-7-12/h3-7,13H,2,8-11H2,1H3,(H,16,18). The van der Waals surface area contributed by atoms with Crippen molar-refractivity contribution in [1.29, 1.82) is 0 Å². The summed E-state index contributed by atoms with van der Waals surface area (Å²) in [6.07, 6.45) is 0.314. The molecule has 1 aromatic carbocycles. The molecule has 0 saturated carbocycles. The Morgan fingerprint density at radius 2 is 2.14 bits per heavy atom. The predicted octanol–water partition coefficient (Wildman–Crippen LogP) is 1.41. The monoisotopic (exact) mass is 292 g/mol. The van der Waals surface area contributed by atoms with E-state index in [0.717, 1.165) is 6.42 Å². The van der Waals surface area contributed by atoms with Gasteiger partial charge in [-0.05, 0) is 18.6 Å². The molecule has 1 unspecified atom stereocenters. The first-order chi connectivity index (χ1) is 10.2. The summed E-state index contributed by atoms with van der Waals surface area (Å²) < 4.78 is 10.6. The highest BCUT2D eigenvalue weighted by Gasteiger charge is 2.33. The molecule has 114 valence electrons. The molecule has 1 aliphatic rings. The summed E-state index contributed by atoms with van der Waals surface area (Å²) >= 11 is 0. The molecule has 2 rings (SSSR count). The number of rotatable bonds is 4. The minimum Gasteiger partial charge on any atom is -0.410 e. The van der Waals surface area contributed by atoms with E-state index in [1.807, 2.05) is 13.0 Å². The molecule has 1 aromatic rings. The fourth-order valence-electron chi connectivity index (χ4n) is 2.05. The minimum atomic E-state index is -0.637. The lowest BCUT2D eigenvalue weighted by Crippen LogP contribution is -2.56. The molecule has 1 aliphatic heterocycles. The maximum absolute atomic E-state index is 12.2. The van der Waals surface area contributed by atoms with Crippen LogP contribution in [0.2, 0.25) is 0 Å². The minimum absolute atomic E-state index is 0.194. The average Bonchev–Trinajstić information content (AvgIpc) is 2.53. The number of hydrogen-bond acceptors (Lipinski definition) is 4. The first-order valence-corrected chi connectivity index (χ1v) is 7.11. The third-order valence-electron chi connectivity index (χ3n) is 3.16. The van der Waals surface area contributed by atoms with Crippen LogP contribution in [0.15, 0.2) is 30.3 Å². The molecule has 21 heavy (non-hydrogen) atoms. The second-order valence-electron chi connectivity index (χ2n) is 4.76. The van der Waals surface area contributed by atoms with Crippen molar-refractivity contribution in [1.82, 2.24) is 10.2 Å². The highest BCUT2D eigenvalue weighted by Crippen LogP contribution is 2.14. The molecule has 6 heteroatoms. The molecular weight excluding hydrogens is 272 g/mol. The molecule has 0 bridgehead atoms. The number of nitrogens with zero attached hydrogens (tertiary/aromatic N) is 1. The molecule has 1 N–H and O–H groups in total.